The Labute approximate surface area is 113 Å². The molecule has 2 heterocycles. The average molecular weight is 290 g/mol. The Morgan fingerprint density at radius 2 is 2.33 bits per heavy atom. The lowest BCUT2D eigenvalue weighted by atomic mass is 10.2. The molecule has 8 heteroatoms. The molecular formula is C10H12ClN3O3S. The van der Waals surface area contributed by atoms with E-state index in [9.17, 15) is 9.59 Å². The zero-order valence-corrected chi connectivity index (χ0v) is 11.3. The number of thiazole rings is 1. The normalized spacial score (nSPS) is 19.0. The average Bonchev–Trinajstić information content (AvgIpc) is 2.93. The SMILES string of the molecule is COC(=O)c1sc(N2CCCC2C(N)=O)nc1Cl. The number of rotatable bonds is 3. The number of carbonyl (C=O) groups excluding carboxylic acids is 2. The highest BCUT2D eigenvalue weighted by Crippen LogP contribution is 2.34. The Balaban J connectivity index is 2.29. The van der Waals surface area contributed by atoms with Gasteiger partial charge in [-0.1, -0.05) is 22.9 Å². The van der Waals surface area contributed by atoms with Crippen LogP contribution in [-0.4, -0.2) is 36.6 Å². The van der Waals surface area contributed by atoms with Gasteiger partial charge in [-0.05, 0) is 12.8 Å². The van der Waals surface area contributed by atoms with Crippen LogP contribution in [0, 0.1) is 0 Å². The number of methoxy groups -OCH3 is 1. The lowest BCUT2D eigenvalue weighted by molar-refractivity contribution is -0.119. The number of amides is 1. The van der Waals surface area contributed by atoms with Crippen LogP contribution in [0.25, 0.3) is 0 Å². The van der Waals surface area contributed by atoms with Gasteiger partial charge in [0, 0.05) is 6.54 Å². The summed E-state index contributed by atoms with van der Waals surface area (Å²) in [6.45, 7) is 0.679. The van der Waals surface area contributed by atoms with Gasteiger partial charge in [-0.25, -0.2) is 9.78 Å². The van der Waals surface area contributed by atoms with Crippen LogP contribution >= 0.6 is 22.9 Å². The molecule has 1 fully saturated rings. The molecule has 1 atom stereocenters. The molecule has 0 radical (unpaired) electrons. The monoisotopic (exact) mass is 289 g/mol. The predicted molar refractivity (Wildman–Crippen MR) is 68.0 cm³/mol. The second-order valence-corrected chi connectivity index (χ2v) is 5.20. The minimum absolute atomic E-state index is 0.0944. The quantitative estimate of drug-likeness (QED) is 0.840. The van der Waals surface area contributed by atoms with E-state index in [4.69, 9.17) is 17.3 Å². The van der Waals surface area contributed by atoms with Gasteiger partial charge in [0.25, 0.3) is 0 Å². The summed E-state index contributed by atoms with van der Waals surface area (Å²) in [7, 11) is 1.28. The summed E-state index contributed by atoms with van der Waals surface area (Å²) in [5.41, 5.74) is 5.33. The third kappa shape index (κ3) is 2.28. The molecule has 98 valence electrons. The van der Waals surface area contributed by atoms with E-state index in [2.05, 4.69) is 9.72 Å². The van der Waals surface area contributed by atoms with Crippen molar-refractivity contribution in [3.63, 3.8) is 0 Å². The molecule has 1 aromatic heterocycles. The van der Waals surface area contributed by atoms with E-state index in [0.29, 0.717) is 18.1 Å². The first-order valence-electron chi connectivity index (χ1n) is 5.35. The molecule has 18 heavy (non-hydrogen) atoms. The lowest BCUT2D eigenvalue weighted by Gasteiger charge is -2.20. The number of halogens is 1. The zero-order valence-electron chi connectivity index (χ0n) is 9.68. The van der Waals surface area contributed by atoms with Crippen LogP contribution in [0.4, 0.5) is 5.13 Å². The molecule has 1 aromatic rings. The van der Waals surface area contributed by atoms with Gasteiger partial charge in [0.05, 0.1) is 7.11 Å². The van der Waals surface area contributed by atoms with Gasteiger partial charge in [0.15, 0.2) is 15.2 Å². The Morgan fingerprint density at radius 3 is 2.94 bits per heavy atom. The van der Waals surface area contributed by atoms with E-state index >= 15 is 0 Å². The number of esters is 1. The Kier molecular flexibility index (Phi) is 3.72. The predicted octanol–water partition coefficient (Wildman–Crippen LogP) is 1.04. The van der Waals surface area contributed by atoms with Crippen LogP contribution in [0.2, 0.25) is 5.15 Å². The summed E-state index contributed by atoms with van der Waals surface area (Å²) < 4.78 is 4.60. The lowest BCUT2D eigenvalue weighted by Crippen LogP contribution is -2.40. The van der Waals surface area contributed by atoms with Crippen molar-refractivity contribution >= 4 is 39.9 Å². The number of nitrogens with zero attached hydrogens (tertiary/aromatic N) is 2. The Hall–Kier alpha value is -1.34. The minimum atomic E-state index is -0.529. The van der Waals surface area contributed by atoms with Crippen molar-refractivity contribution in [1.29, 1.82) is 0 Å². The van der Waals surface area contributed by atoms with Gasteiger partial charge in [0.2, 0.25) is 5.91 Å². The first-order valence-corrected chi connectivity index (χ1v) is 6.54. The highest BCUT2D eigenvalue weighted by atomic mass is 35.5. The molecule has 1 unspecified atom stereocenters. The van der Waals surface area contributed by atoms with Gasteiger partial charge in [0.1, 0.15) is 6.04 Å². The molecule has 1 saturated heterocycles. The molecule has 0 bridgehead atoms. The molecule has 0 aliphatic carbocycles. The molecule has 1 aliphatic rings. The van der Waals surface area contributed by atoms with Gasteiger partial charge in [-0.2, -0.15) is 0 Å². The van der Waals surface area contributed by atoms with E-state index in [1.165, 1.54) is 7.11 Å². The smallest absolute Gasteiger partial charge is 0.351 e. The van der Waals surface area contributed by atoms with Crippen LogP contribution in [-0.2, 0) is 9.53 Å². The number of hydrogen-bond donors (Lipinski definition) is 1. The highest BCUT2D eigenvalue weighted by Gasteiger charge is 2.32. The summed E-state index contributed by atoms with van der Waals surface area (Å²) in [6.07, 6.45) is 1.55. The third-order valence-electron chi connectivity index (χ3n) is 2.77. The molecular weight excluding hydrogens is 278 g/mol. The van der Waals surface area contributed by atoms with Gasteiger partial charge >= 0.3 is 5.97 Å². The standard InChI is InChI=1S/C10H12ClN3O3S/c1-17-9(16)6-7(11)13-10(18-6)14-4-2-3-5(14)8(12)15/h5H,2-4H2,1H3,(H2,12,15). The second kappa shape index (κ2) is 5.11. The fourth-order valence-electron chi connectivity index (χ4n) is 1.92. The fraction of sp³-hybridized carbons (Fsp3) is 0.500. The van der Waals surface area contributed by atoms with Crippen molar-refractivity contribution < 1.29 is 14.3 Å². The highest BCUT2D eigenvalue weighted by molar-refractivity contribution is 7.18. The van der Waals surface area contributed by atoms with Crippen LogP contribution in [0.1, 0.15) is 22.5 Å². The van der Waals surface area contributed by atoms with Crippen molar-refractivity contribution in [2.75, 3.05) is 18.6 Å². The van der Waals surface area contributed by atoms with Crippen LogP contribution < -0.4 is 10.6 Å². The molecule has 2 N–H and O–H groups in total. The van der Waals surface area contributed by atoms with Crippen molar-refractivity contribution in [3.05, 3.63) is 10.0 Å². The maximum absolute atomic E-state index is 11.4. The Morgan fingerprint density at radius 1 is 1.61 bits per heavy atom. The summed E-state index contributed by atoms with van der Waals surface area (Å²) >= 11 is 6.99. The van der Waals surface area contributed by atoms with E-state index in [0.717, 1.165) is 17.8 Å². The molecule has 0 spiro atoms. The van der Waals surface area contributed by atoms with Crippen molar-refractivity contribution in [1.82, 2.24) is 4.98 Å². The van der Waals surface area contributed by atoms with E-state index < -0.39 is 11.9 Å². The third-order valence-corrected chi connectivity index (χ3v) is 4.23. The number of carbonyl (C=O) groups is 2. The summed E-state index contributed by atoms with van der Waals surface area (Å²) in [5.74, 6) is -0.919. The zero-order chi connectivity index (χ0) is 13.3. The number of primary amides is 1. The van der Waals surface area contributed by atoms with Crippen LogP contribution in [0.3, 0.4) is 0 Å². The van der Waals surface area contributed by atoms with Crippen LogP contribution in [0.5, 0.6) is 0 Å². The largest absolute Gasteiger partial charge is 0.465 e. The van der Waals surface area contributed by atoms with Gasteiger partial charge in [-0.15, -0.1) is 0 Å². The molecule has 0 saturated carbocycles. The van der Waals surface area contributed by atoms with E-state index in [1.807, 2.05) is 0 Å². The molecule has 0 aromatic carbocycles. The van der Waals surface area contributed by atoms with E-state index in [-0.39, 0.29) is 16.1 Å². The maximum Gasteiger partial charge on any atom is 0.351 e. The Bertz CT molecular complexity index is 491. The first kappa shape index (κ1) is 13.1. The van der Waals surface area contributed by atoms with Crippen LogP contribution in [0.15, 0.2) is 0 Å². The van der Waals surface area contributed by atoms with Crippen molar-refractivity contribution in [3.8, 4) is 0 Å². The molecule has 1 aliphatic heterocycles. The number of ether oxygens (including phenoxy) is 1. The molecule has 1 amide bonds. The van der Waals surface area contributed by atoms with Crippen molar-refractivity contribution in [2.24, 2.45) is 5.73 Å². The van der Waals surface area contributed by atoms with E-state index in [1.54, 1.807) is 4.90 Å². The molecule has 2 rings (SSSR count). The van der Waals surface area contributed by atoms with Gasteiger partial charge in [-0.3, -0.25) is 4.79 Å². The summed E-state index contributed by atoms with van der Waals surface area (Å²) in [6, 6.07) is -0.377. The summed E-state index contributed by atoms with van der Waals surface area (Å²) in [4.78, 5) is 28.9. The minimum Gasteiger partial charge on any atom is -0.465 e. The fourth-order valence-corrected chi connectivity index (χ4v) is 3.20. The topological polar surface area (TPSA) is 85.5 Å². The number of hydrogen-bond acceptors (Lipinski definition) is 6. The second-order valence-electron chi connectivity index (χ2n) is 3.86. The first-order chi connectivity index (χ1) is 8.54. The number of aromatic nitrogens is 1. The molecule has 6 nitrogen and oxygen atoms in total. The van der Waals surface area contributed by atoms with Gasteiger partial charge < -0.3 is 15.4 Å². The number of nitrogens with two attached hydrogens (primary N) is 1. The van der Waals surface area contributed by atoms with Crippen molar-refractivity contribution in [2.45, 2.75) is 18.9 Å². The summed E-state index contributed by atoms with van der Waals surface area (Å²) in [5, 5.41) is 0.624. The maximum atomic E-state index is 11.4. The number of anilines is 1.